The number of aromatic nitrogens is 3. The van der Waals surface area contributed by atoms with Gasteiger partial charge in [0.15, 0.2) is 0 Å². The van der Waals surface area contributed by atoms with E-state index in [0.717, 1.165) is 11.4 Å². The quantitative estimate of drug-likeness (QED) is 0.846. The van der Waals surface area contributed by atoms with Crippen LogP contribution in [-0.4, -0.2) is 26.5 Å². The molecular formula is C14H19N5O. The number of carbonyl (C=O) groups is 1. The van der Waals surface area contributed by atoms with E-state index in [-0.39, 0.29) is 11.8 Å². The zero-order chi connectivity index (χ0) is 14.5. The standard InChI is InChI=1S/C14H19N5O/c1-10(2)13(15)14(20)18-8-11-3-4-17-12(7-11)19-6-5-16-9-19/h3-7,9-10,13H,8,15H2,1-2H3,(H,18,20)/t13-/m0/s1. The number of carbonyl (C=O) groups excluding carboxylic acids is 1. The van der Waals surface area contributed by atoms with Crippen LogP contribution in [0, 0.1) is 5.92 Å². The smallest absolute Gasteiger partial charge is 0.237 e. The topological polar surface area (TPSA) is 85.8 Å². The molecule has 0 saturated heterocycles. The van der Waals surface area contributed by atoms with E-state index in [1.807, 2.05) is 36.7 Å². The van der Waals surface area contributed by atoms with E-state index in [1.165, 1.54) is 0 Å². The Morgan fingerprint density at radius 1 is 1.45 bits per heavy atom. The minimum Gasteiger partial charge on any atom is -0.351 e. The van der Waals surface area contributed by atoms with Crippen molar-refractivity contribution >= 4 is 5.91 Å². The monoisotopic (exact) mass is 273 g/mol. The van der Waals surface area contributed by atoms with Crippen LogP contribution in [0.25, 0.3) is 5.82 Å². The molecule has 2 heterocycles. The zero-order valence-electron chi connectivity index (χ0n) is 11.7. The van der Waals surface area contributed by atoms with Gasteiger partial charge in [-0.15, -0.1) is 0 Å². The van der Waals surface area contributed by atoms with E-state index in [9.17, 15) is 4.79 Å². The highest BCUT2D eigenvalue weighted by Crippen LogP contribution is 2.07. The van der Waals surface area contributed by atoms with Crippen LogP contribution in [0.15, 0.2) is 37.1 Å². The van der Waals surface area contributed by atoms with Crippen molar-refractivity contribution in [3.63, 3.8) is 0 Å². The third-order valence-corrected chi connectivity index (χ3v) is 3.07. The van der Waals surface area contributed by atoms with Gasteiger partial charge >= 0.3 is 0 Å². The number of pyridine rings is 1. The molecule has 0 bridgehead atoms. The molecular weight excluding hydrogens is 254 g/mol. The van der Waals surface area contributed by atoms with Crippen LogP contribution in [0.4, 0.5) is 0 Å². The van der Waals surface area contributed by atoms with Gasteiger partial charge in [-0.1, -0.05) is 13.8 Å². The van der Waals surface area contributed by atoms with Crippen molar-refractivity contribution in [2.75, 3.05) is 0 Å². The molecule has 0 spiro atoms. The van der Waals surface area contributed by atoms with Gasteiger partial charge < -0.3 is 11.1 Å². The van der Waals surface area contributed by atoms with Crippen LogP contribution in [0.2, 0.25) is 0 Å². The Bertz CT molecular complexity index is 565. The molecule has 2 aromatic heterocycles. The fourth-order valence-electron chi connectivity index (χ4n) is 1.72. The molecule has 0 aromatic carbocycles. The Balaban J connectivity index is 2.01. The average molecular weight is 273 g/mol. The Labute approximate surface area is 118 Å². The second-order valence-electron chi connectivity index (χ2n) is 4.98. The predicted molar refractivity (Wildman–Crippen MR) is 76.0 cm³/mol. The zero-order valence-corrected chi connectivity index (χ0v) is 11.7. The molecule has 0 fully saturated rings. The minimum absolute atomic E-state index is 0.119. The summed E-state index contributed by atoms with van der Waals surface area (Å²) in [5.74, 6) is 0.748. The SMILES string of the molecule is CC(C)[C@H](N)C(=O)NCc1ccnc(-n2ccnc2)c1. The van der Waals surface area contributed by atoms with Gasteiger partial charge in [-0.25, -0.2) is 9.97 Å². The van der Waals surface area contributed by atoms with Crippen molar-refractivity contribution in [1.29, 1.82) is 0 Å². The first kappa shape index (κ1) is 14.2. The highest BCUT2D eigenvalue weighted by atomic mass is 16.2. The lowest BCUT2D eigenvalue weighted by atomic mass is 10.1. The van der Waals surface area contributed by atoms with Crippen molar-refractivity contribution in [1.82, 2.24) is 19.9 Å². The van der Waals surface area contributed by atoms with Crippen molar-refractivity contribution in [3.05, 3.63) is 42.6 Å². The largest absolute Gasteiger partial charge is 0.351 e. The lowest BCUT2D eigenvalue weighted by molar-refractivity contribution is -0.123. The summed E-state index contributed by atoms with van der Waals surface area (Å²) in [6, 6.07) is 3.29. The van der Waals surface area contributed by atoms with E-state index in [1.54, 1.807) is 18.7 Å². The number of imidazole rings is 1. The molecule has 20 heavy (non-hydrogen) atoms. The normalized spacial score (nSPS) is 12.4. The second-order valence-corrected chi connectivity index (χ2v) is 4.98. The maximum absolute atomic E-state index is 11.8. The second kappa shape index (κ2) is 6.29. The summed E-state index contributed by atoms with van der Waals surface area (Å²) >= 11 is 0. The predicted octanol–water partition coefficient (Wildman–Crippen LogP) is 0.867. The first-order valence-corrected chi connectivity index (χ1v) is 6.54. The minimum atomic E-state index is -0.482. The number of amides is 1. The van der Waals surface area contributed by atoms with Crippen LogP contribution in [0.3, 0.4) is 0 Å². The third-order valence-electron chi connectivity index (χ3n) is 3.07. The highest BCUT2D eigenvalue weighted by molar-refractivity contribution is 5.81. The van der Waals surface area contributed by atoms with Gasteiger partial charge in [-0.05, 0) is 23.6 Å². The van der Waals surface area contributed by atoms with Crippen molar-refractivity contribution in [2.45, 2.75) is 26.4 Å². The van der Waals surface area contributed by atoms with E-state index in [4.69, 9.17) is 5.73 Å². The number of rotatable bonds is 5. The Morgan fingerprint density at radius 2 is 2.25 bits per heavy atom. The first-order chi connectivity index (χ1) is 9.58. The maximum Gasteiger partial charge on any atom is 0.237 e. The average Bonchev–Trinajstić information content (AvgIpc) is 2.98. The van der Waals surface area contributed by atoms with Crippen LogP contribution >= 0.6 is 0 Å². The van der Waals surface area contributed by atoms with Crippen LogP contribution in [0.5, 0.6) is 0 Å². The summed E-state index contributed by atoms with van der Waals surface area (Å²) in [6.45, 7) is 4.28. The Morgan fingerprint density at radius 3 is 2.90 bits per heavy atom. The lowest BCUT2D eigenvalue weighted by Gasteiger charge is -2.15. The first-order valence-electron chi connectivity index (χ1n) is 6.54. The van der Waals surface area contributed by atoms with Crippen LogP contribution in [-0.2, 0) is 11.3 Å². The van der Waals surface area contributed by atoms with E-state index < -0.39 is 6.04 Å². The summed E-state index contributed by atoms with van der Waals surface area (Å²) in [6.07, 6.45) is 6.90. The maximum atomic E-state index is 11.8. The third kappa shape index (κ3) is 3.42. The highest BCUT2D eigenvalue weighted by Gasteiger charge is 2.16. The summed E-state index contributed by atoms with van der Waals surface area (Å²) in [4.78, 5) is 20.0. The summed E-state index contributed by atoms with van der Waals surface area (Å²) < 4.78 is 1.81. The number of hydrogen-bond donors (Lipinski definition) is 2. The molecule has 2 aromatic rings. The van der Waals surface area contributed by atoms with Gasteiger partial charge in [0.25, 0.3) is 0 Å². The molecule has 3 N–H and O–H groups in total. The fourth-order valence-corrected chi connectivity index (χ4v) is 1.72. The molecule has 0 unspecified atom stereocenters. The molecule has 2 rings (SSSR count). The lowest BCUT2D eigenvalue weighted by Crippen LogP contribution is -2.43. The Hall–Kier alpha value is -2.21. The van der Waals surface area contributed by atoms with Crippen molar-refractivity contribution < 1.29 is 4.79 Å². The van der Waals surface area contributed by atoms with Gasteiger partial charge in [0, 0.05) is 25.1 Å². The van der Waals surface area contributed by atoms with E-state index >= 15 is 0 Å². The molecule has 0 aliphatic rings. The van der Waals surface area contributed by atoms with Gasteiger partial charge in [0.05, 0.1) is 6.04 Å². The molecule has 0 saturated carbocycles. The fraction of sp³-hybridized carbons (Fsp3) is 0.357. The molecule has 1 amide bonds. The summed E-state index contributed by atoms with van der Waals surface area (Å²) in [5.41, 5.74) is 6.76. The summed E-state index contributed by atoms with van der Waals surface area (Å²) in [5, 5.41) is 2.84. The van der Waals surface area contributed by atoms with Crippen molar-refractivity contribution in [2.24, 2.45) is 11.7 Å². The van der Waals surface area contributed by atoms with Gasteiger partial charge in [-0.3, -0.25) is 9.36 Å². The number of nitrogens with two attached hydrogens (primary N) is 1. The number of nitrogens with one attached hydrogen (secondary N) is 1. The molecule has 0 aliphatic carbocycles. The van der Waals surface area contributed by atoms with Gasteiger partial charge in [0.1, 0.15) is 12.1 Å². The van der Waals surface area contributed by atoms with Gasteiger partial charge in [-0.2, -0.15) is 0 Å². The summed E-state index contributed by atoms with van der Waals surface area (Å²) in [7, 11) is 0. The molecule has 6 heteroatoms. The van der Waals surface area contributed by atoms with E-state index in [0.29, 0.717) is 6.54 Å². The molecule has 0 radical (unpaired) electrons. The van der Waals surface area contributed by atoms with Crippen molar-refractivity contribution in [3.8, 4) is 5.82 Å². The van der Waals surface area contributed by atoms with Crippen LogP contribution < -0.4 is 11.1 Å². The molecule has 106 valence electrons. The van der Waals surface area contributed by atoms with Crippen LogP contribution in [0.1, 0.15) is 19.4 Å². The molecule has 6 nitrogen and oxygen atoms in total. The van der Waals surface area contributed by atoms with E-state index in [2.05, 4.69) is 15.3 Å². The van der Waals surface area contributed by atoms with Gasteiger partial charge in [0.2, 0.25) is 5.91 Å². The molecule has 1 atom stereocenters. The Kier molecular flexibility index (Phi) is 4.47. The molecule has 0 aliphatic heterocycles. The number of nitrogens with zero attached hydrogens (tertiary/aromatic N) is 3. The number of hydrogen-bond acceptors (Lipinski definition) is 4.